The first-order valence-electron chi connectivity index (χ1n) is 23.1. The van der Waals surface area contributed by atoms with E-state index in [1.165, 1.54) is 42.1 Å². The molecule has 0 N–H and O–H groups in total. The highest BCUT2D eigenvalue weighted by molar-refractivity contribution is 7.26. The van der Waals surface area contributed by atoms with Crippen molar-refractivity contribution < 1.29 is 8.83 Å². The maximum absolute atomic E-state index is 6.66. The van der Waals surface area contributed by atoms with Gasteiger partial charge in [-0.15, -0.1) is 11.3 Å². The highest BCUT2D eigenvalue weighted by atomic mass is 32.1. The molecule has 0 fully saturated rings. The van der Waals surface area contributed by atoms with Gasteiger partial charge >= 0.3 is 0 Å². The average Bonchev–Trinajstić information content (AvgIpc) is 4.11. The second-order valence-electron chi connectivity index (χ2n) is 17.5. The lowest BCUT2D eigenvalue weighted by molar-refractivity contribution is 0.668. The van der Waals surface area contributed by atoms with Gasteiger partial charge in [-0.3, -0.25) is 0 Å². The number of hydrogen-bond acceptors (Lipinski definition) is 4. The highest BCUT2D eigenvalue weighted by Gasteiger charge is 2.25. The van der Waals surface area contributed by atoms with Crippen LogP contribution in [0, 0.1) is 0 Å². The Morgan fingerprint density at radius 1 is 0.294 bits per heavy atom. The van der Waals surface area contributed by atoms with E-state index in [1.54, 1.807) is 0 Å². The number of benzene rings is 11. The topological polar surface area (TPSA) is 29.5 Å². The Labute approximate surface area is 396 Å². The van der Waals surface area contributed by atoms with Gasteiger partial charge in [-0.25, -0.2) is 0 Å². The van der Waals surface area contributed by atoms with Gasteiger partial charge in [0.05, 0.1) is 5.69 Å². The van der Waals surface area contributed by atoms with E-state index in [4.69, 9.17) is 8.83 Å². The number of thiophene rings is 1. The maximum Gasteiger partial charge on any atom is 0.136 e. The molecule has 3 aromatic heterocycles. The van der Waals surface area contributed by atoms with E-state index in [2.05, 4.69) is 235 Å². The second kappa shape index (κ2) is 15.5. The zero-order valence-electron chi connectivity index (χ0n) is 36.7. The summed E-state index contributed by atoms with van der Waals surface area (Å²) in [6.45, 7) is 0. The summed E-state index contributed by atoms with van der Waals surface area (Å²) in [5.74, 6) is 0. The molecule has 3 heterocycles. The van der Waals surface area contributed by atoms with Gasteiger partial charge in [-0.1, -0.05) is 158 Å². The van der Waals surface area contributed by atoms with Crippen molar-refractivity contribution in [2.24, 2.45) is 0 Å². The lowest BCUT2D eigenvalue weighted by atomic mass is 9.84. The van der Waals surface area contributed by atoms with Gasteiger partial charge in [0, 0.05) is 64.2 Å². The summed E-state index contributed by atoms with van der Waals surface area (Å²) in [4.78, 5) is 2.42. The summed E-state index contributed by atoms with van der Waals surface area (Å²) in [6, 6.07) is 85.2. The molecule has 68 heavy (non-hydrogen) atoms. The van der Waals surface area contributed by atoms with Gasteiger partial charge in [0.2, 0.25) is 0 Å². The van der Waals surface area contributed by atoms with Crippen LogP contribution < -0.4 is 4.90 Å². The molecule has 0 aliphatic rings. The fraction of sp³-hybridized carbons (Fsp3) is 0. The predicted molar refractivity (Wildman–Crippen MR) is 288 cm³/mol. The second-order valence-corrected chi connectivity index (χ2v) is 18.6. The Hall–Kier alpha value is -8.70. The molecular formula is C64H39NO2S. The van der Waals surface area contributed by atoms with Gasteiger partial charge in [-0.2, -0.15) is 0 Å². The normalized spacial score (nSPS) is 11.8. The van der Waals surface area contributed by atoms with Crippen LogP contribution in [-0.2, 0) is 0 Å². The molecule has 0 radical (unpaired) electrons. The minimum atomic E-state index is 0.853. The zero-order chi connectivity index (χ0) is 44.7. The maximum atomic E-state index is 6.66. The lowest BCUT2D eigenvalue weighted by Crippen LogP contribution is -2.10. The lowest BCUT2D eigenvalue weighted by Gasteiger charge is -2.27. The highest BCUT2D eigenvalue weighted by Crippen LogP contribution is 2.51. The third-order valence-corrected chi connectivity index (χ3v) is 14.8. The largest absolute Gasteiger partial charge is 0.456 e. The first kappa shape index (κ1) is 38.6. The van der Waals surface area contributed by atoms with Crippen molar-refractivity contribution in [3.8, 4) is 44.5 Å². The summed E-state index contributed by atoms with van der Waals surface area (Å²) in [7, 11) is 0. The quantitative estimate of drug-likeness (QED) is 0.160. The van der Waals surface area contributed by atoms with Gasteiger partial charge in [0.15, 0.2) is 0 Å². The van der Waals surface area contributed by atoms with E-state index >= 15 is 0 Å². The molecule has 0 atom stereocenters. The predicted octanol–water partition coefficient (Wildman–Crippen LogP) is 19.1. The first-order chi connectivity index (χ1) is 33.7. The summed E-state index contributed by atoms with van der Waals surface area (Å²) < 4.78 is 15.8. The standard InChI is InChI=1S/C64H39NO2S/c1-2-14-40(15-3-1)41-28-32-44(33-29-41)65(53-23-13-27-59-62(53)52-21-8-11-26-58(52)68-59)45-34-30-43(31-35-45)60-48(36-38-56-63(60)50-19-6-9-24-54(50)66-56)49-37-39-57-64(51-20-7-10-25-55(51)67-57)61(49)47-22-12-17-42-16-4-5-18-46(42)47/h1-39H. The van der Waals surface area contributed by atoms with Crippen molar-refractivity contribution in [2.75, 3.05) is 4.90 Å². The number of anilines is 3. The molecular weight excluding hydrogens is 847 g/mol. The fourth-order valence-corrected chi connectivity index (χ4v) is 11.8. The van der Waals surface area contributed by atoms with Gasteiger partial charge < -0.3 is 13.7 Å². The Morgan fingerprint density at radius 2 is 0.809 bits per heavy atom. The van der Waals surface area contributed by atoms with Crippen LogP contribution in [0.1, 0.15) is 0 Å². The molecule has 14 rings (SSSR count). The molecule has 0 aliphatic heterocycles. The molecule has 3 nitrogen and oxygen atoms in total. The summed E-state index contributed by atoms with van der Waals surface area (Å²) >= 11 is 1.85. The van der Waals surface area contributed by atoms with Gasteiger partial charge in [-0.05, 0) is 123 Å². The molecule has 0 spiro atoms. The Balaban J connectivity index is 1.02. The molecule has 0 bridgehead atoms. The molecule has 0 amide bonds. The molecule has 0 saturated heterocycles. The summed E-state index contributed by atoms with van der Waals surface area (Å²) in [5, 5.41) is 9.28. The van der Waals surface area contributed by atoms with Crippen LogP contribution in [0.5, 0.6) is 0 Å². The van der Waals surface area contributed by atoms with E-state index in [0.29, 0.717) is 0 Å². The Morgan fingerprint density at radius 3 is 1.51 bits per heavy atom. The third-order valence-electron chi connectivity index (χ3n) is 13.7. The van der Waals surface area contributed by atoms with Gasteiger partial charge in [0.25, 0.3) is 0 Å². The van der Waals surface area contributed by atoms with Crippen molar-refractivity contribution in [1.29, 1.82) is 0 Å². The number of fused-ring (bicyclic) bond motifs is 10. The number of para-hydroxylation sites is 2. The van der Waals surface area contributed by atoms with Crippen LogP contribution in [-0.4, -0.2) is 0 Å². The van der Waals surface area contributed by atoms with Crippen molar-refractivity contribution in [3.05, 3.63) is 237 Å². The smallest absolute Gasteiger partial charge is 0.136 e. The molecule has 4 heteroatoms. The van der Waals surface area contributed by atoms with E-state index < -0.39 is 0 Å². The monoisotopic (exact) mass is 885 g/mol. The minimum Gasteiger partial charge on any atom is -0.456 e. The van der Waals surface area contributed by atoms with Crippen LogP contribution in [0.2, 0.25) is 0 Å². The van der Waals surface area contributed by atoms with Crippen molar-refractivity contribution in [2.45, 2.75) is 0 Å². The van der Waals surface area contributed by atoms with Crippen LogP contribution >= 0.6 is 11.3 Å². The molecule has 0 aliphatic carbocycles. The fourth-order valence-electron chi connectivity index (χ4n) is 10.7. The van der Waals surface area contributed by atoms with Crippen LogP contribution in [0.3, 0.4) is 0 Å². The number of rotatable bonds is 7. The van der Waals surface area contributed by atoms with Crippen LogP contribution in [0.15, 0.2) is 245 Å². The van der Waals surface area contributed by atoms with E-state index in [1.807, 2.05) is 17.4 Å². The SMILES string of the molecule is c1ccc(-c2ccc(N(c3ccc(-c4c(-c5ccc6oc7ccccc7c6c5-c5cccc6ccccc56)ccc5oc6ccccc6c45)cc3)c3cccc4sc5ccccc5c34)cc2)cc1. The van der Waals surface area contributed by atoms with Crippen molar-refractivity contribution in [3.63, 3.8) is 0 Å². The first-order valence-corrected chi connectivity index (χ1v) is 23.9. The van der Waals surface area contributed by atoms with E-state index in [9.17, 15) is 0 Å². The Kier molecular flexibility index (Phi) is 8.76. The zero-order valence-corrected chi connectivity index (χ0v) is 37.5. The molecule has 14 aromatic rings. The van der Waals surface area contributed by atoms with Crippen LogP contribution in [0.25, 0.3) is 119 Å². The van der Waals surface area contributed by atoms with Gasteiger partial charge in [0.1, 0.15) is 22.3 Å². The summed E-state index contributed by atoms with van der Waals surface area (Å²) in [6.07, 6.45) is 0. The molecule has 0 saturated carbocycles. The number of furan rings is 2. The van der Waals surface area contributed by atoms with E-state index in [-0.39, 0.29) is 0 Å². The molecule has 11 aromatic carbocycles. The number of hydrogen-bond donors (Lipinski definition) is 0. The average molecular weight is 886 g/mol. The Bertz CT molecular complexity index is 4250. The van der Waals surface area contributed by atoms with Crippen molar-refractivity contribution in [1.82, 2.24) is 0 Å². The molecule has 0 unspecified atom stereocenters. The minimum absolute atomic E-state index is 0.853. The van der Waals surface area contributed by atoms with Crippen molar-refractivity contribution >= 4 is 103 Å². The summed E-state index contributed by atoms with van der Waals surface area (Å²) in [5.41, 5.74) is 15.9. The molecule has 318 valence electrons. The third kappa shape index (κ3) is 6.05. The van der Waals surface area contributed by atoms with E-state index in [0.717, 1.165) is 94.3 Å². The van der Waals surface area contributed by atoms with Crippen LogP contribution in [0.4, 0.5) is 17.1 Å². The number of nitrogens with zero attached hydrogens (tertiary/aromatic N) is 1.